The number of thioether (sulfide) groups is 1. The number of carboxylic acids is 1. The molecule has 0 saturated carbocycles. The zero-order valence-corrected chi connectivity index (χ0v) is 60.1. The highest BCUT2D eigenvalue weighted by atomic mass is 32.2. The maximum absolute atomic E-state index is 15.2. The van der Waals surface area contributed by atoms with E-state index in [-0.39, 0.29) is 122 Å². The van der Waals surface area contributed by atoms with Gasteiger partial charge in [-0.05, 0) is 59.5 Å². The minimum absolute atomic E-state index is 0.00398. The van der Waals surface area contributed by atoms with E-state index in [1.165, 1.54) is 60.0 Å². The lowest BCUT2D eigenvalue weighted by Gasteiger charge is -2.48. The minimum atomic E-state index is -1.93. The van der Waals surface area contributed by atoms with Gasteiger partial charge in [-0.1, -0.05) is 12.1 Å². The Kier molecular flexibility index (Phi) is 21.4. The van der Waals surface area contributed by atoms with Crippen molar-refractivity contribution in [3.05, 3.63) is 112 Å². The van der Waals surface area contributed by atoms with Gasteiger partial charge in [-0.3, -0.25) is 33.6 Å². The first-order chi connectivity index (χ1) is 49.1. The second-order valence-corrected chi connectivity index (χ2v) is 29.8. The summed E-state index contributed by atoms with van der Waals surface area (Å²) in [5, 5.41) is 76.7. The zero-order valence-electron chi connectivity index (χ0n) is 55.2. The predicted octanol–water partition coefficient (Wildman–Crippen LogP) is 3.56. The van der Waals surface area contributed by atoms with Crippen LogP contribution in [0.4, 0.5) is 0 Å². The fourth-order valence-corrected chi connectivity index (χ4v) is 17.1. The largest absolute Gasteiger partial charge is 0.506 e. The van der Waals surface area contributed by atoms with Crippen LogP contribution in [0.25, 0.3) is 49.3 Å². The number of cyclic esters (lactones) is 2. The Morgan fingerprint density at radius 1 is 0.864 bits per heavy atom. The summed E-state index contributed by atoms with van der Waals surface area (Å²) < 4.78 is 38.2. The summed E-state index contributed by atoms with van der Waals surface area (Å²) in [5.74, 6) is -10.1. The van der Waals surface area contributed by atoms with Crippen LogP contribution in [0.5, 0.6) is 5.75 Å². The van der Waals surface area contributed by atoms with E-state index in [2.05, 4.69) is 41.5 Å². The number of hydrogen-bond donors (Lipinski definition) is 11. The molecule has 11 heterocycles. The van der Waals surface area contributed by atoms with Gasteiger partial charge >= 0.3 is 17.9 Å². The molecule has 0 aliphatic carbocycles. The Morgan fingerprint density at radius 3 is 2.24 bits per heavy atom. The summed E-state index contributed by atoms with van der Waals surface area (Å²) in [7, 11) is 4.82. The smallest absolute Gasteiger partial charge is 0.358 e. The van der Waals surface area contributed by atoms with E-state index in [1.807, 2.05) is 0 Å². The molecule has 12 N–H and O–H groups in total. The van der Waals surface area contributed by atoms with Crippen LogP contribution in [0.1, 0.15) is 125 Å². The molecule has 12 bridgehead atoms. The van der Waals surface area contributed by atoms with Crippen molar-refractivity contribution < 1.29 is 97.2 Å². The number of carbonyl (C=O) groups is 9. The Morgan fingerprint density at radius 2 is 1.53 bits per heavy atom. The molecule has 1 unspecified atom stereocenters. The average Bonchev–Trinajstić information content (AvgIpc) is 1.63. The maximum atomic E-state index is 15.2. The minimum Gasteiger partial charge on any atom is -0.506 e. The number of nitrogens with zero attached hydrogens (tertiary/aromatic N) is 8. The summed E-state index contributed by atoms with van der Waals surface area (Å²) in [4.78, 5) is 156. The number of ether oxygens (including phenoxy) is 6. The number of thiazole rings is 5. The third kappa shape index (κ3) is 15.2. The molecule has 542 valence electrons. The van der Waals surface area contributed by atoms with E-state index in [1.54, 1.807) is 45.0 Å². The number of nitrogens with one attached hydrogen (secondary N) is 5. The Balaban J connectivity index is 1.02. The van der Waals surface area contributed by atoms with Gasteiger partial charge in [0.15, 0.2) is 18.1 Å². The van der Waals surface area contributed by atoms with Crippen LogP contribution in [-0.4, -0.2) is 212 Å². The number of rotatable bonds is 13. The fourth-order valence-electron chi connectivity index (χ4n) is 12.2. The number of pyridine rings is 1. The molecule has 11 atom stereocenters. The second kappa shape index (κ2) is 30.1. The summed E-state index contributed by atoms with van der Waals surface area (Å²) in [6.07, 6.45) is -7.64. The highest BCUT2D eigenvalue weighted by molar-refractivity contribution is 8.00. The van der Waals surface area contributed by atoms with Gasteiger partial charge in [0.2, 0.25) is 11.8 Å². The Bertz CT molecular complexity index is 4730. The first-order valence-electron chi connectivity index (χ1n) is 31.2. The van der Waals surface area contributed by atoms with Crippen LogP contribution in [0.15, 0.2) is 56.9 Å². The van der Waals surface area contributed by atoms with E-state index < -0.39 is 151 Å². The molecule has 1 fully saturated rings. The lowest BCUT2D eigenvalue weighted by atomic mass is 9.85. The summed E-state index contributed by atoms with van der Waals surface area (Å²) in [6, 6.07) is -0.797. The Labute approximate surface area is 606 Å². The molecule has 8 aromatic rings. The van der Waals surface area contributed by atoms with Gasteiger partial charge in [0.1, 0.15) is 126 Å². The molecule has 6 amide bonds. The molecule has 0 radical (unpaired) electrons. The normalized spacial score (nSPS) is 23.7. The fraction of sp³-hybridized carbons (Fsp3) is 0.381. The number of aromatic hydroxyl groups is 1. The first kappa shape index (κ1) is 73.3. The summed E-state index contributed by atoms with van der Waals surface area (Å²) >= 11 is 5.21. The molecule has 1 aromatic carbocycles. The van der Waals surface area contributed by atoms with Crippen LogP contribution in [-0.2, 0) is 60.8 Å². The van der Waals surface area contributed by atoms with Gasteiger partial charge < -0.3 is 91.3 Å². The van der Waals surface area contributed by atoms with Gasteiger partial charge in [0.05, 0.1) is 48.8 Å². The van der Waals surface area contributed by atoms with Crippen LogP contribution >= 0.6 is 68.4 Å². The lowest BCUT2D eigenvalue weighted by Crippen LogP contribution is -2.62. The summed E-state index contributed by atoms with van der Waals surface area (Å²) in [5.41, 5.74) is 2.39. The number of carbonyl (C=O) groups excluding carboxylic acids is 8. The molecule has 34 nitrogen and oxygen atoms in total. The number of fused-ring (bicyclic) bond motifs is 15. The molecular formula is C63H64N14O20S6. The Hall–Kier alpha value is -9.46. The zero-order chi connectivity index (χ0) is 73.6. The number of allylic oxidation sites excluding steroid dienone is 1. The van der Waals surface area contributed by atoms with E-state index in [9.17, 15) is 44.5 Å². The van der Waals surface area contributed by atoms with Crippen molar-refractivity contribution in [2.24, 2.45) is 5.73 Å². The number of esters is 2. The average molecular weight is 1530 g/mol. The monoisotopic (exact) mass is 1530 g/mol. The molecule has 1 saturated heterocycles. The number of primary amides is 1. The lowest BCUT2D eigenvalue weighted by molar-refractivity contribution is -0.280. The number of aliphatic carboxylic acids is 1. The van der Waals surface area contributed by atoms with E-state index in [0.717, 1.165) is 68.4 Å². The van der Waals surface area contributed by atoms with Gasteiger partial charge in [-0.2, -0.15) is 4.73 Å². The SMILES string of the molecule is CO/C(C)=C1/NC(=O)[C@H]([C@@H](C)O)NC(=O)c2csc(n2)-c2cc(O)c(-c3nc(C(=O)NC(CSCC(=O)O)C(N)=O)cs3)nc2-c2csc(n2)[C@@H]2COC(=O)c3c4c5c(cccc5n3O)COC(=O)[C@@H](O[C@H]3C[C@](C)(O)[C@H](N(C)C)[C@H](C)O3)[C@@H](OC4)[C@H](NC(=O)c3csc1n3)c1nc(cs1)C(=O)N2. The number of hydrogen-bond acceptors (Lipinski definition) is 32. The van der Waals surface area contributed by atoms with Crippen LogP contribution < -0.4 is 32.3 Å². The third-order valence-electron chi connectivity index (χ3n) is 16.9. The van der Waals surface area contributed by atoms with Gasteiger partial charge in [0, 0.05) is 55.6 Å². The maximum Gasteiger partial charge on any atom is 0.358 e. The standard InChI is InChI=1S/C63H64N14O20S6/c1-23(78)41-55(87)74-42(24(2)92-7)58-69-35(21-101-58)54(86)75-45-47-48(97-39-12-63(4,90)49(76(5)6)25(3)96-39)62(89)94-13-26-9-8-10-36-40(26)28(14-93-47)46(77(36)91)61(88)95-15-29(65-51(83)32-20-103-60(45)71-32)57-67-30(17-100-57)43-27(56-68-34(18-99-56)53(85)73-41)11-37(79)44(72-43)59-70-33(19-102-59)52(84)66-31(50(64)82)16-98-22-38(80)81/h8-11,17-21,23,25,29,31,39,41,45,47-49,78-79,90-91H,12-16,22H2,1-7H3,(H2,64,82)(H,65,83)(H,66,84)(H,73,85)(H,74,87)(H,75,86)(H,80,81)/b42-24+/t23-,25+,29+,31?,39+,41+,45+,47+,48+,49-,63+/m1/s1. The highest BCUT2D eigenvalue weighted by Crippen LogP contribution is 2.43. The third-order valence-corrected chi connectivity index (χ3v) is 22.4. The number of carboxylic acid groups (broad SMARTS) is 1. The molecule has 4 aliphatic rings. The first-order valence-corrected chi connectivity index (χ1v) is 36.7. The number of amides is 6. The second-order valence-electron chi connectivity index (χ2n) is 24.4. The molecule has 4 aliphatic heterocycles. The number of benzene rings is 1. The number of aliphatic hydroxyl groups is 2. The van der Waals surface area contributed by atoms with Crippen molar-refractivity contribution in [2.75, 3.05) is 39.3 Å². The number of methoxy groups -OCH3 is 1. The molecule has 12 rings (SSSR count). The predicted molar refractivity (Wildman–Crippen MR) is 370 cm³/mol. The van der Waals surface area contributed by atoms with E-state index in [0.29, 0.717) is 4.73 Å². The topological polar surface area (TPSA) is 482 Å². The molecule has 7 aromatic heterocycles. The molecule has 103 heavy (non-hydrogen) atoms. The molecule has 40 heteroatoms. The van der Waals surface area contributed by atoms with Crippen molar-refractivity contribution in [2.45, 2.75) is 114 Å². The van der Waals surface area contributed by atoms with Crippen LogP contribution in [0, 0.1) is 0 Å². The van der Waals surface area contributed by atoms with Crippen molar-refractivity contribution in [3.8, 4) is 38.4 Å². The van der Waals surface area contributed by atoms with E-state index in [4.69, 9.17) is 54.2 Å². The number of aliphatic hydroxyl groups excluding tert-OH is 1. The van der Waals surface area contributed by atoms with Crippen molar-refractivity contribution >= 4 is 138 Å². The van der Waals surface area contributed by atoms with Crippen molar-refractivity contribution in [1.29, 1.82) is 0 Å². The highest BCUT2D eigenvalue weighted by Gasteiger charge is 2.50. The molecular weight excluding hydrogens is 1470 g/mol. The summed E-state index contributed by atoms with van der Waals surface area (Å²) in [6.45, 7) is 4.15. The quantitative estimate of drug-likeness (QED) is 0.0446. The van der Waals surface area contributed by atoms with Crippen molar-refractivity contribution in [3.63, 3.8) is 0 Å². The van der Waals surface area contributed by atoms with Crippen LogP contribution in [0.3, 0.4) is 0 Å². The van der Waals surface area contributed by atoms with Crippen LogP contribution in [0.2, 0.25) is 0 Å². The van der Waals surface area contributed by atoms with Gasteiger partial charge in [0.25, 0.3) is 23.6 Å². The number of nitrogens with two attached hydrogens (primary N) is 1. The number of aromatic nitrogens is 7. The van der Waals surface area contributed by atoms with Gasteiger partial charge in [-0.25, -0.2) is 39.5 Å². The molecule has 0 spiro atoms. The number of likely N-dealkylation sites (N-methyl/N-ethyl adjacent to an activating group) is 1. The van der Waals surface area contributed by atoms with E-state index >= 15 is 19.2 Å². The van der Waals surface area contributed by atoms with Crippen molar-refractivity contribution in [1.82, 2.24) is 66.1 Å². The van der Waals surface area contributed by atoms with Gasteiger partial charge in [-0.15, -0.1) is 68.4 Å².